The van der Waals surface area contributed by atoms with E-state index in [0.29, 0.717) is 24.8 Å². The Morgan fingerprint density at radius 2 is 1.95 bits per heavy atom. The number of aliphatic carboxylic acids is 1. The summed E-state index contributed by atoms with van der Waals surface area (Å²) in [5.74, 6) is -4.62. The van der Waals surface area contributed by atoms with Crippen LogP contribution < -0.4 is 0 Å². The van der Waals surface area contributed by atoms with Crippen LogP contribution in [-0.4, -0.2) is 25.3 Å². The van der Waals surface area contributed by atoms with E-state index in [2.05, 4.69) is 15.9 Å². The Morgan fingerprint density at radius 3 is 2.41 bits per heavy atom. The normalized spacial score (nSPS) is 13.2. The first-order chi connectivity index (χ1) is 10.3. The minimum Gasteiger partial charge on any atom is -0.481 e. The fourth-order valence-corrected chi connectivity index (χ4v) is 2.64. The molecule has 1 N–H and O–H groups in total. The van der Waals surface area contributed by atoms with Crippen LogP contribution in [0.2, 0.25) is 0 Å². The highest BCUT2D eigenvalue weighted by Gasteiger charge is 2.33. The Labute approximate surface area is 136 Å². The molecule has 0 fully saturated rings. The van der Waals surface area contributed by atoms with Gasteiger partial charge in [0.2, 0.25) is 0 Å². The third-order valence-corrected chi connectivity index (χ3v) is 4.22. The Bertz CT molecular complexity index is 509. The number of hydrogen-bond acceptors (Lipinski definition) is 3. The summed E-state index contributed by atoms with van der Waals surface area (Å²) in [5.41, 5.74) is 0.325. The zero-order valence-electron chi connectivity index (χ0n) is 12.7. The lowest BCUT2D eigenvalue weighted by molar-refractivity contribution is -0.221. The molecule has 7 heteroatoms. The molecule has 0 radical (unpaired) electrons. The largest absolute Gasteiger partial charge is 0.481 e. The van der Waals surface area contributed by atoms with Crippen molar-refractivity contribution in [1.29, 1.82) is 0 Å². The summed E-state index contributed by atoms with van der Waals surface area (Å²) in [6.07, 6.45) is 1.23. The minimum absolute atomic E-state index is 0.0279. The van der Waals surface area contributed by atoms with Crippen molar-refractivity contribution in [2.24, 2.45) is 5.92 Å². The maximum absolute atomic E-state index is 13.6. The summed E-state index contributed by atoms with van der Waals surface area (Å²) in [6.45, 7) is 1.61. The summed E-state index contributed by atoms with van der Waals surface area (Å²) in [5, 5.41) is 8.89. The van der Waals surface area contributed by atoms with Crippen molar-refractivity contribution in [2.75, 3.05) is 14.2 Å². The van der Waals surface area contributed by atoms with Gasteiger partial charge in [-0.2, -0.15) is 0 Å². The summed E-state index contributed by atoms with van der Waals surface area (Å²) in [7, 11) is 2.80. The molecule has 0 unspecified atom stereocenters. The van der Waals surface area contributed by atoms with Gasteiger partial charge >= 0.3 is 5.97 Å². The summed E-state index contributed by atoms with van der Waals surface area (Å²) in [6, 6.07) is 2.42. The molecule has 1 rings (SSSR count). The lowest BCUT2D eigenvalue weighted by Gasteiger charge is -2.32. The fraction of sp³-hybridized carbons (Fsp3) is 0.533. The lowest BCUT2D eigenvalue weighted by atomic mass is 9.96. The highest BCUT2D eigenvalue weighted by molar-refractivity contribution is 9.10. The molecule has 0 aliphatic rings. The quantitative estimate of drug-likeness (QED) is 0.545. The number of carboxylic acid groups (broad SMARTS) is 1. The van der Waals surface area contributed by atoms with E-state index in [-0.39, 0.29) is 4.47 Å². The Hall–Kier alpha value is -1.05. The van der Waals surface area contributed by atoms with E-state index in [1.54, 1.807) is 6.92 Å². The number of hydrogen-bond donors (Lipinski definition) is 1. The first kappa shape index (κ1) is 19.0. The molecule has 4 nitrogen and oxygen atoms in total. The zero-order chi connectivity index (χ0) is 16.9. The van der Waals surface area contributed by atoms with E-state index in [0.717, 1.165) is 6.07 Å². The highest BCUT2D eigenvalue weighted by atomic mass is 79.9. The second kappa shape index (κ2) is 7.99. The molecule has 0 saturated carbocycles. The van der Waals surface area contributed by atoms with Crippen LogP contribution in [0.15, 0.2) is 16.6 Å². The Balaban J connectivity index is 2.98. The number of carboxylic acids is 1. The third kappa shape index (κ3) is 4.24. The van der Waals surface area contributed by atoms with Crippen LogP contribution in [0.5, 0.6) is 0 Å². The van der Waals surface area contributed by atoms with Gasteiger partial charge in [-0.15, -0.1) is 0 Å². The van der Waals surface area contributed by atoms with Crippen LogP contribution in [0.25, 0.3) is 0 Å². The van der Waals surface area contributed by atoms with Gasteiger partial charge in [0.25, 0.3) is 0 Å². The second-order valence-electron chi connectivity index (χ2n) is 5.05. The Morgan fingerprint density at radius 1 is 1.36 bits per heavy atom. The highest BCUT2D eigenvalue weighted by Crippen LogP contribution is 2.35. The predicted molar refractivity (Wildman–Crippen MR) is 80.4 cm³/mol. The van der Waals surface area contributed by atoms with Gasteiger partial charge in [0, 0.05) is 26.2 Å². The van der Waals surface area contributed by atoms with Crippen molar-refractivity contribution >= 4 is 21.9 Å². The van der Waals surface area contributed by atoms with Gasteiger partial charge in [0.1, 0.15) is 0 Å². The number of rotatable bonds is 8. The van der Waals surface area contributed by atoms with Crippen LogP contribution in [0.3, 0.4) is 0 Å². The maximum Gasteiger partial charge on any atom is 0.306 e. The fourth-order valence-electron chi connectivity index (χ4n) is 2.21. The van der Waals surface area contributed by atoms with Gasteiger partial charge in [-0.05, 0) is 40.9 Å². The average molecular weight is 381 g/mol. The van der Waals surface area contributed by atoms with Crippen LogP contribution in [0, 0.1) is 17.6 Å². The van der Waals surface area contributed by atoms with E-state index in [1.807, 2.05) is 0 Å². The first-order valence-corrected chi connectivity index (χ1v) is 7.54. The molecule has 0 aliphatic heterocycles. The first-order valence-electron chi connectivity index (χ1n) is 6.75. The van der Waals surface area contributed by atoms with E-state index in [1.165, 1.54) is 20.3 Å². The zero-order valence-corrected chi connectivity index (χ0v) is 14.2. The monoisotopic (exact) mass is 380 g/mol. The molecule has 1 aromatic carbocycles. The minimum atomic E-state index is -1.25. The molecule has 0 saturated heterocycles. The second-order valence-corrected chi connectivity index (χ2v) is 5.90. The van der Waals surface area contributed by atoms with E-state index < -0.39 is 29.3 Å². The molecule has 0 amide bonds. The van der Waals surface area contributed by atoms with Crippen molar-refractivity contribution in [3.63, 3.8) is 0 Å². The molecule has 0 heterocycles. The molecule has 0 aliphatic carbocycles. The predicted octanol–water partition coefficient (Wildman–Crippen LogP) is 4.06. The van der Waals surface area contributed by atoms with Gasteiger partial charge in [0.05, 0.1) is 10.4 Å². The molecule has 0 aromatic heterocycles. The van der Waals surface area contributed by atoms with Crippen molar-refractivity contribution in [1.82, 2.24) is 0 Å². The topological polar surface area (TPSA) is 55.8 Å². The smallest absolute Gasteiger partial charge is 0.306 e. The van der Waals surface area contributed by atoms with E-state index in [4.69, 9.17) is 14.6 Å². The lowest BCUT2D eigenvalue weighted by Crippen LogP contribution is -2.31. The van der Waals surface area contributed by atoms with Gasteiger partial charge in [-0.25, -0.2) is 8.78 Å². The number of benzene rings is 1. The summed E-state index contributed by atoms with van der Waals surface area (Å²) >= 11 is 2.95. The van der Waals surface area contributed by atoms with Gasteiger partial charge in [-0.3, -0.25) is 4.79 Å². The number of carbonyl (C=O) groups is 1. The van der Waals surface area contributed by atoms with Crippen molar-refractivity contribution in [3.05, 3.63) is 33.8 Å². The number of ether oxygens (including phenoxy) is 2. The summed E-state index contributed by atoms with van der Waals surface area (Å²) in [4.78, 5) is 10.8. The van der Waals surface area contributed by atoms with Crippen LogP contribution in [0.1, 0.15) is 31.7 Å². The molecule has 1 atom stereocenters. The van der Waals surface area contributed by atoms with E-state index in [9.17, 15) is 13.6 Å². The maximum atomic E-state index is 13.6. The molecule has 1 aromatic rings. The standard InChI is InChI=1S/C15H19BrF2O4/c1-9(14(19)20)5-4-6-15(21-2,22-3)10-7-11(16)13(18)12(17)8-10/h7-9H,4-6H2,1-3H3,(H,19,20)/t9-/m1/s1. The van der Waals surface area contributed by atoms with Crippen LogP contribution >= 0.6 is 15.9 Å². The van der Waals surface area contributed by atoms with Gasteiger partial charge in [-0.1, -0.05) is 6.92 Å². The SMILES string of the molecule is COC(CCC[C@@H](C)C(=O)O)(OC)c1cc(F)c(F)c(Br)c1. The molecule has 22 heavy (non-hydrogen) atoms. The molecule has 0 spiro atoms. The molecule has 0 bridgehead atoms. The van der Waals surface area contributed by atoms with Crippen molar-refractivity contribution in [2.45, 2.75) is 32.0 Å². The van der Waals surface area contributed by atoms with Crippen molar-refractivity contribution < 1.29 is 28.2 Å². The molecular weight excluding hydrogens is 362 g/mol. The van der Waals surface area contributed by atoms with Crippen molar-refractivity contribution in [3.8, 4) is 0 Å². The molecular formula is C15H19BrF2O4. The van der Waals surface area contributed by atoms with E-state index >= 15 is 0 Å². The average Bonchev–Trinajstić information content (AvgIpc) is 2.48. The molecule has 124 valence electrons. The Kier molecular flexibility index (Phi) is 6.90. The van der Waals surface area contributed by atoms with Gasteiger partial charge in [0.15, 0.2) is 17.4 Å². The summed E-state index contributed by atoms with van der Waals surface area (Å²) < 4.78 is 37.7. The number of halogens is 3. The van der Waals surface area contributed by atoms with Crippen LogP contribution in [-0.2, 0) is 20.1 Å². The van der Waals surface area contributed by atoms with Crippen LogP contribution in [0.4, 0.5) is 8.78 Å². The third-order valence-electron chi connectivity index (χ3n) is 3.65. The number of methoxy groups -OCH3 is 2. The van der Waals surface area contributed by atoms with Gasteiger partial charge < -0.3 is 14.6 Å².